The van der Waals surface area contributed by atoms with E-state index in [9.17, 15) is 9.90 Å². The van der Waals surface area contributed by atoms with Crippen molar-refractivity contribution >= 4 is 34.1 Å². The fourth-order valence-corrected chi connectivity index (χ4v) is 4.64. The number of benzene rings is 2. The Kier molecular flexibility index (Phi) is 6.52. The summed E-state index contributed by atoms with van der Waals surface area (Å²) in [6.07, 6.45) is 10.7. The number of fused-ring (bicyclic) bond motifs is 2. The predicted molar refractivity (Wildman–Crippen MR) is 135 cm³/mol. The summed E-state index contributed by atoms with van der Waals surface area (Å²) in [6, 6.07) is 15.0. The summed E-state index contributed by atoms with van der Waals surface area (Å²) < 4.78 is 0. The van der Waals surface area contributed by atoms with Crippen molar-refractivity contribution in [2.75, 3.05) is 18.4 Å². The third-order valence-corrected chi connectivity index (χ3v) is 6.52. The number of pyridine rings is 1. The quantitative estimate of drug-likeness (QED) is 0.529. The van der Waals surface area contributed by atoms with Gasteiger partial charge in [-0.3, -0.25) is 14.7 Å². The van der Waals surface area contributed by atoms with Crippen molar-refractivity contribution in [1.82, 2.24) is 14.8 Å². The van der Waals surface area contributed by atoms with Crippen LogP contribution < -0.4 is 5.32 Å². The average molecular weight is 475 g/mol. The number of amides is 1. The maximum Gasteiger partial charge on any atom is 0.261 e. The van der Waals surface area contributed by atoms with Gasteiger partial charge in [0.15, 0.2) is 0 Å². The van der Waals surface area contributed by atoms with Crippen LogP contribution in [0.15, 0.2) is 73.3 Å². The van der Waals surface area contributed by atoms with E-state index in [1.54, 1.807) is 49.1 Å². The van der Waals surface area contributed by atoms with Gasteiger partial charge >= 0.3 is 0 Å². The van der Waals surface area contributed by atoms with Gasteiger partial charge in [0.05, 0.1) is 11.6 Å². The first-order valence-corrected chi connectivity index (χ1v) is 12.0. The number of aryl methyl sites for hydroxylation is 1. The number of para-hydroxylation sites is 1. The number of hydrogen-bond acceptors (Lipinski definition) is 5. The minimum atomic E-state index is -0.598. The molecule has 2 aliphatic rings. The van der Waals surface area contributed by atoms with Crippen LogP contribution in [0, 0.1) is 0 Å². The third-order valence-electron chi connectivity index (χ3n) is 6.27. The molecule has 0 radical (unpaired) electrons. The van der Waals surface area contributed by atoms with Crippen LogP contribution in [-0.4, -0.2) is 45.0 Å². The van der Waals surface area contributed by atoms with Gasteiger partial charge in [-0.2, -0.15) is 0 Å². The lowest BCUT2D eigenvalue weighted by Crippen LogP contribution is -2.33. The molecule has 6 nitrogen and oxygen atoms in total. The van der Waals surface area contributed by atoms with Gasteiger partial charge in [0.25, 0.3) is 5.91 Å². The van der Waals surface area contributed by atoms with Gasteiger partial charge in [0, 0.05) is 65.2 Å². The topological polar surface area (TPSA) is 68.7 Å². The summed E-state index contributed by atoms with van der Waals surface area (Å²) in [6.45, 7) is 0.834. The van der Waals surface area contributed by atoms with Crippen molar-refractivity contribution in [3.8, 4) is 0 Å². The van der Waals surface area contributed by atoms with Crippen LogP contribution in [0.5, 0.6) is 0 Å². The molecular formula is C27H27ClN4O2. The summed E-state index contributed by atoms with van der Waals surface area (Å²) in [5.74, 6) is -0.139. The molecule has 2 aromatic carbocycles. The first kappa shape index (κ1) is 22.4. The lowest BCUT2D eigenvalue weighted by atomic mass is 9.92. The number of halogens is 1. The molecule has 1 aromatic heterocycles. The van der Waals surface area contributed by atoms with Gasteiger partial charge in [0.2, 0.25) is 0 Å². The molecule has 0 saturated heterocycles. The average Bonchev–Trinajstić information content (AvgIpc) is 2.87. The van der Waals surface area contributed by atoms with Crippen LogP contribution in [0.1, 0.15) is 34.5 Å². The minimum absolute atomic E-state index is 0.139. The number of carbonyl (C=O) groups excluding carboxylic acids is 1. The second-order valence-electron chi connectivity index (χ2n) is 8.68. The number of carbonyl (C=O) groups is 1. The smallest absolute Gasteiger partial charge is 0.261 e. The number of nitrogens with zero attached hydrogens (tertiary/aromatic N) is 3. The molecule has 1 aliphatic carbocycles. The molecule has 3 aromatic rings. The molecule has 7 heteroatoms. The molecule has 0 spiro atoms. The van der Waals surface area contributed by atoms with Crippen LogP contribution >= 0.6 is 11.6 Å². The number of anilines is 1. The summed E-state index contributed by atoms with van der Waals surface area (Å²) in [4.78, 5) is 20.9. The first-order valence-electron chi connectivity index (χ1n) is 11.6. The van der Waals surface area contributed by atoms with Gasteiger partial charge < -0.3 is 15.3 Å². The summed E-state index contributed by atoms with van der Waals surface area (Å²) in [5.41, 5.74) is 5.11. The highest BCUT2D eigenvalue weighted by atomic mass is 35.5. The van der Waals surface area contributed by atoms with Gasteiger partial charge in [-0.1, -0.05) is 29.8 Å². The molecule has 1 amide bonds. The number of rotatable bonds is 6. The number of aliphatic hydroxyl groups excluding tert-OH is 1. The Bertz CT molecular complexity index is 1240. The van der Waals surface area contributed by atoms with Gasteiger partial charge in [-0.25, -0.2) is 0 Å². The van der Waals surface area contributed by atoms with E-state index in [1.807, 2.05) is 23.1 Å². The maximum atomic E-state index is 12.6. The molecule has 34 heavy (non-hydrogen) atoms. The fourth-order valence-electron chi connectivity index (χ4n) is 4.52. The zero-order valence-corrected chi connectivity index (χ0v) is 19.6. The summed E-state index contributed by atoms with van der Waals surface area (Å²) in [5, 5.41) is 15.9. The monoisotopic (exact) mass is 474 g/mol. The summed E-state index contributed by atoms with van der Waals surface area (Å²) in [7, 11) is 0. The number of β-amino-alcohol motifs (C(OH)–C–C–N with tert-alkyl or cyclic N) is 1. The number of hydrogen-bond donors (Lipinski definition) is 2. The van der Waals surface area contributed by atoms with Crippen LogP contribution in [-0.2, 0) is 12.8 Å². The molecule has 0 saturated carbocycles. The molecule has 0 bridgehead atoms. The molecule has 174 valence electrons. The van der Waals surface area contributed by atoms with E-state index in [0.717, 1.165) is 29.4 Å². The minimum Gasteiger partial charge on any atom is -0.389 e. The number of nitrogens with one attached hydrogen (secondary N) is 1. The van der Waals surface area contributed by atoms with Crippen molar-refractivity contribution in [2.45, 2.75) is 31.8 Å². The van der Waals surface area contributed by atoms with Crippen LogP contribution in [0.25, 0.3) is 10.9 Å². The second-order valence-corrected chi connectivity index (χ2v) is 9.12. The van der Waals surface area contributed by atoms with Crippen molar-refractivity contribution < 1.29 is 9.90 Å². The Labute approximate surface area is 204 Å². The van der Waals surface area contributed by atoms with E-state index in [2.05, 4.69) is 11.4 Å². The van der Waals surface area contributed by atoms with Gasteiger partial charge in [-0.15, -0.1) is 0 Å². The number of aromatic nitrogens is 1. The normalized spacial score (nSPS) is 15.9. The molecule has 5 rings (SSSR count). The third kappa shape index (κ3) is 4.79. The lowest BCUT2D eigenvalue weighted by Gasteiger charge is -2.27. The molecular weight excluding hydrogens is 448 g/mol. The number of aliphatic hydroxyl groups is 1. The second kappa shape index (κ2) is 9.87. The highest BCUT2D eigenvalue weighted by Gasteiger charge is 2.20. The standard InChI is InChI=1S/C27H27ClN4O2/c28-20-11-9-19(10-12-20)27(34)32-15-13-31(14-16-32)18-21(33)17-29-26-22-5-1-3-7-24(22)30-25-8-4-2-6-23(25)26/h1,3,5,7,9-16,21,33H,2,4,6,8,17-18H2,(H,29,30). The Hall–Kier alpha value is -3.35. The van der Waals surface area contributed by atoms with Crippen LogP contribution in [0.2, 0.25) is 5.02 Å². The van der Waals surface area contributed by atoms with Gasteiger partial charge in [-0.05, 0) is 61.6 Å². The first-order chi connectivity index (χ1) is 16.6. The zero-order valence-electron chi connectivity index (χ0n) is 18.8. The highest BCUT2D eigenvalue weighted by molar-refractivity contribution is 6.30. The van der Waals surface area contributed by atoms with E-state index in [0.29, 0.717) is 23.7 Å². The van der Waals surface area contributed by atoms with Crippen LogP contribution in [0.3, 0.4) is 0 Å². The molecule has 0 fully saturated rings. The highest BCUT2D eigenvalue weighted by Crippen LogP contribution is 2.33. The van der Waals surface area contributed by atoms with E-state index >= 15 is 0 Å². The predicted octanol–water partition coefficient (Wildman–Crippen LogP) is 4.94. The van der Waals surface area contributed by atoms with Crippen molar-refractivity contribution in [3.63, 3.8) is 0 Å². The lowest BCUT2D eigenvalue weighted by molar-refractivity contribution is 0.0862. The van der Waals surface area contributed by atoms with Crippen molar-refractivity contribution in [1.29, 1.82) is 0 Å². The van der Waals surface area contributed by atoms with Crippen molar-refractivity contribution in [3.05, 3.63) is 95.2 Å². The Morgan fingerprint density at radius 2 is 1.76 bits per heavy atom. The van der Waals surface area contributed by atoms with E-state index in [-0.39, 0.29) is 5.91 Å². The van der Waals surface area contributed by atoms with Crippen molar-refractivity contribution in [2.24, 2.45) is 0 Å². The Balaban J connectivity index is 1.22. The Morgan fingerprint density at radius 3 is 2.56 bits per heavy atom. The van der Waals surface area contributed by atoms with E-state index in [4.69, 9.17) is 16.6 Å². The molecule has 2 heterocycles. The molecule has 1 aliphatic heterocycles. The molecule has 1 unspecified atom stereocenters. The van der Waals surface area contributed by atoms with E-state index < -0.39 is 6.10 Å². The molecule has 1 atom stereocenters. The molecule has 2 N–H and O–H groups in total. The van der Waals surface area contributed by atoms with E-state index in [1.165, 1.54) is 29.0 Å². The summed E-state index contributed by atoms with van der Waals surface area (Å²) >= 11 is 5.91. The Morgan fingerprint density at radius 1 is 1.03 bits per heavy atom. The largest absolute Gasteiger partial charge is 0.389 e. The zero-order chi connectivity index (χ0) is 23.5. The SMILES string of the molecule is O=C(c1ccc(Cl)cc1)N1C=CN(CC(O)CNc2c3c(nc4ccccc24)CCCC3)C=C1. The van der Waals surface area contributed by atoms with Crippen LogP contribution in [0.4, 0.5) is 5.69 Å². The fraction of sp³-hybridized carbons (Fsp3) is 0.259. The van der Waals surface area contributed by atoms with Gasteiger partial charge in [0.1, 0.15) is 0 Å². The maximum absolute atomic E-state index is 12.6.